The molecule has 3 heterocycles. The minimum atomic E-state index is -0.0183. The fraction of sp³-hybridized carbons (Fsp3) is 0.414. The van der Waals surface area contributed by atoms with Gasteiger partial charge in [-0.3, -0.25) is 9.74 Å². The molecule has 5 rings (SSSR count). The Morgan fingerprint density at radius 2 is 1.87 bits per heavy atom. The highest BCUT2D eigenvalue weighted by atomic mass is 16.7. The lowest BCUT2D eigenvalue weighted by Crippen LogP contribution is -2.37. The Kier molecular flexibility index (Phi) is 8.34. The van der Waals surface area contributed by atoms with E-state index in [0.29, 0.717) is 30.5 Å². The summed E-state index contributed by atoms with van der Waals surface area (Å²) < 4.78 is 11.6. The van der Waals surface area contributed by atoms with E-state index in [1.165, 1.54) is 0 Å². The van der Waals surface area contributed by atoms with E-state index in [2.05, 4.69) is 33.4 Å². The van der Waals surface area contributed by atoms with Gasteiger partial charge in [0.25, 0.3) is 0 Å². The zero-order valence-corrected chi connectivity index (χ0v) is 22.0. The Hall–Kier alpha value is -3.71. The van der Waals surface area contributed by atoms with Gasteiger partial charge in [0.1, 0.15) is 17.4 Å². The van der Waals surface area contributed by atoms with Gasteiger partial charge in [-0.25, -0.2) is 10.0 Å². The molecule has 0 saturated carbocycles. The first-order valence-electron chi connectivity index (χ1n) is 13.2. The van der Waals surface area contributed by atoms with Crippen LogP contribution in [0.15, 0.2) is 48.7 Å². The number of aryl methyl sites for hydroxylation is 2. The van der Waals surface area contributed by atoms with Crippen molar-refractivity contribution in [3.63, 3.8) is 0 Å². The largest absolute Gasteiger partial charge is 0.493 e. The van der Waals surface area contributed by atoms with E-state index in [9.17, 15) is 5.26 Å². The molecule has 0 bridgehead atoms. The number of hydrogen-bond donors (Lipinski definition) is 1. The van der Waals surface area contributed by atoms with Crippen molar-refractivity contribution in [3.05, 3.63) is 70.9 Å². The van der Waals surface area contributed by atoms with E-state index >= 15 is 0 Å². The Labute approximate surface area is 223 Å². The van der Waals surface area contributed by atoms with Crippen LogP contribution in [0.5, 0.6) is 5.75 Å². The van der Waals surface area contributed by atoms with Crippen LogP contribution in [0.25, 0.3) is 0 Å². The van der Waals surface area contributed by atoms with Gasteiger partial charge in [-0.1, -0.05) is 30.3 Å². The van der Waals surface area contributed by atoms with Gasteiger partial charge in [-0.15, -0.1) is 0 Å². The topological polar surface area (TPSA) is 95.8 Å². The molecule has 2 aliphatic heterocycles. The summed E-state index contributed by atoms with van der Waals surface area (Å²) in [6, 6.07) is 16.4. The molecule has 3 aromatic rings. The molecule has 2 aromatic carbocycles. The zero-order valence-electron chi connectivity index (χ0n) is 22.0. The number of ether oxygens (including phenoxy) is 2. The van der Waals surface area contributed by atoms with Gasteiger partial charge in [0, 0.05) is 31.7 Å². The van der Waals surface area contributed by atoms with Crippen LogP contribution in [0.1, 0.15) is 41.1 Å². The summed E-state index contributed by atoms with van der Waals surface area (Å²) in [7, 11) is 0. The Bertz CT molecular complexity index is 1250. The average molecular weight is 515 g/mol. The van der Waals surface area contributed by atoms with Gasteiger partial charge in [-0.05, 0) is 49.1 Å². The molecule has 0 amide bonds. The first-order valence-corrected chi connectivity index (χ1v) is 13.2. The third-order valence-electron chi connectivity index (χ3n) is 6.87. The van der Waals surface area contributed by atoms with E-state index in [0.717, 1.165) is 73.8 Å². The third kappa shape index (κ3) is 6.05. The molecule has 2 saturated heterocycles. The summed E-state index contributed by atoms with van der Waals surface area (Å²) in [5.74, 6) is 1.78. The number of morpholine rings is 1. The number of anilines is 3. The monoisotopic (exact) mass is 514 g/mol. The number of hydroxylamine groups is 1. The van der Waals surface area contributed by atoms with Crippen LogP contribution in [0, 0.1) is 25.2 Å². The number of nitriles is 1. The van der Waals surface area contributed by atoms with Crippen molar-refractivity contribution in [2.75, 3.05) is 56.4 Å². The third-order valence-corrected chi connectivity index (χ3v) is 6.87. The highest BCUT2D eigenvalue weighted by molar-refractivity contribution is 5.62. The lowest BCUT2D eigenvalue weighted by atomic mass is 10.0. The van der Waals surface area contributed by atoms with Crippen LogP contribution in [0.3, 0.4) is 0 Å². The molecule has 1 atom stereocenters. The Balaban J connectivity index is 1.27. The maximum Gasteiger partial charge on any atom is 0.229 e. The van der Waals surface area contributed by atoms with Crippen molar-refractivity contribution in [1.82, 2.24) is 14.9 Å². The van der Waals surface area contributed by atoms with Gasteiger partial charge >= 0.3 is 0 Å². The molecule has 38 heavy (non-hydrogen) atoms. The molecule has 0 unspecified atom stereocenters. The van der Waals surface area contributed by atoms with Crippen molar-refractivity contribution in [1.29, 1.82) is 5.26 Å². The predicted molar refractivity (Wildman–Crippen MR) is 146 cm³/mol. The average Bonchev–Trinajstić information content (AvgIpc) is 3.43. The second-order valence-electron chi connectivity index (χ2n) is 9.64. The number of nitrogens with one attached hydrogen (secondary N) is 1. The van der Waals surface area contributed by atoms with Gasteiger partial charge in [0.2, 0.25) is 5.95 Å². The lowest BCUT2D eigenvalue weighted by molar-refractivity contribution is 0.0357. The summed E-state index contributed by atoms with van der Waals surface area (Å²) in [5, 5.41) is 14.8. The highest BCUT2D eigenvalue weighted by Crippen LogP contribution is 2.36. The summed E-state index contributed by atoms with van der Waals surface area (Å²) >= 11 is 0. The SMILES string of the molecule is Cc1cc(Nc2ncc(C#N)c(N3OCC[C@H]3c3ccccc3)n2)cc(C)c1OCCCN1CCOCC1. The molecule has 9 heteroatoms. The molecule has 1 aromatic heterocycles. The van der Waals surface area contributed by atoms with Crippen molar-refractivity contribution < 1.29 is 14.3 Å². The van der Waals surface area contributed by atoms with Gasteiger partial charge in [0.05, 0.1) is 38.7 Å². The minimum absolute atomic E-state index is 0.0183. The van der Waals surface area contributed by atoms with Crippen LogP contribution in [0.4, 0.5) is 17.5 Å². The number of aromatic nitrogens is 2. The maximum absolute atomic E-state index is 9.73. The number of hydrogen-bond acceptors (Lipinski definition) is 9. The van der Waals surface area contributed by atoms with Gasteiger partial charge < -0.3 is 14.8 Å². The molecular formula is C29H34N6O3. The molecule has 0 radical (unpaired) electrons. The summed E-state index contributed by atoms with van der Waals surface area (Å²) in [4.78, 5) is 17.4. The smallest absolute Gasteiger partial charge is 0.229 e. The highest BCUT2D eigenvalue weighted by Gasteiger charge is 2.31. The number of nitrogens with zero attached hydrogens (tertiary/aromatic N) is 5. The second kappa shape index (κ2) is 12.2. The molecule has 0 aliphatic carbocycles. The Morgan fingerprint density at radius 3 is 2.61 bits per heavy atom. The normalized spacial score (nSPS) is 17.8. The molecule has 198 valence electrons. The van der Waals surface area contributed by atoms with Crippen molar-refractivity contribution >= 4 is 17.5 Å². The van der Waals surface area contributed by atoms with Crippen LogP contribution in [-0.4, -0.2) is 60.9 Å². The van der Waals surface area contributed by atoms with E-state index < -0.39 is 0 Å². The number of benzene rings is 2. The molecule has 1 N–H and O–H groups in total. The lowest BCUT2D eigenvalue weighted by Gasteiger charge is -2.26. The van der Waals surface area contributed by atoms with E-state index in [1.54, 1.807) is 11.3 Å². The van der Waals surface area contributed by atoms with Crippen LogP contribution < -0.4 is 15.1 Å². The second-order valence-corrected chi connectivity index (χ2v) is 9.64. The summed E-state index contributed by atoms with van der Waals surface area (Å²) in [6.45, 7) is 9.96. The standard InChI is InChI=1S/C29H34N6O3/c1-21-17-25(18-22(2)27(21)37-13-6-10-34-11-15-36-16-12-34)32-29-31-20-24(19-30)28(33-29)35-26(9-14-38-35)23-7-4-3-5-8-23/h3-5,7-8,17-18,20,26H,6,9-16H2,1-2H3,(H,31,32,33)/t26-/m0/s1. The fourth-order valence-electron chi connectivity index (χ4n) is 5.00. The van der Waals surface area contributed by atoms with E-state index in [1.807, 2.05) is 44.2 Å². The first-order chi connectivity index (χ1) is 18.6. The van der Waals surface area contributed by atoms with Gasteiger partial charge in [0.15, 0.2) is 5.82 Å². The van der Waals surface area contributed by atoms with Crippen LogP contribution >= 0.6 is 0 Å². The molecular weight excluding hydrogens is 480 g/mol. The van der Waals surface area contributed by atoms with Crippen LogP contribution in [0.2, 0.25) is 0 Å². The molecule has 2 aliphatic rings. The molecule has 9 nitrogen and oxygen atoms in total. The molecule has 0 spiro atoms. The quantitative estimate of drug-likeness (QED) is 0.408. The number of rotatable bonds is 9. The first kappa shape index (κ1) is 25.9. The van der Waals surface area contributed by atoms with E-state index in [-0.39, 0.29) is 6.04 Å². The maximum atomic E-state index is 9.73. The zero-order chi connectivity index (χ0) is 26.3. The Morgan fingerprint density at radius 1 is 1.11 bits per heavy atom. The molecule has 2 fully saturated rings. The van der Waals surface area contributed by atoms with Crippen molar-refractivity contribution in [3.8, 4) is 11.8 Å². The van der Waals surface area contributed by atoms with Crippen LogP contribution in [-0.2, 0) is 9.57 Å². The minimum Gasteiger partial charge on any atom is -0.493 e. The summed E-state index contributed by atoms with van der Waals surface area (Å²) in [6.07, 6.45) is 3.33. The van der Waals surface area contributed by atoms with Crippen molar-refractivity contribution in [2.24, 2.45) is 0 Å². The van der Waals surface area contributed by atoms with Gasteiger partial charge in [-0.2, -0.15) is 10.2 Å². The summed E-state index contributed by atoms with van der Waals surface area (Å²) in [5.41, 5.74) is 4.43. The predicted octanol–water partition coefficient (Wildman–Crippen LogP) is 4.69. The van der Waals surface area contributed by atoms with E-state index in [4.69, 9.17) is 19.3 Å². The fourth-order valence-corrected chi connectivity index (χ4v) is 5.00. The van der Waals surface area contributed by atoms with Crippen molar-refractivity contribution in [2.45, 2.75) is 32.7 Å².